The number of nitrogens with one attached hydrogen (secondary N) is 1. The first-order valence-electron chi connectivity index (χ1n) is 4.58. The highest BCUT2D eigenvalue weighted by Gasteiger charge is 2.35. The minimum Gasteiger partial charge on any atom is -0.311 e. The lowest BCUT2D eigenvalue weighted by Gasteiger charge is -2.30. The zero-order valence-corrected chi connectivity index (χ0v) is 7.74. The van der Waals surface area contributed by atoms with Gasteiger partial charge in [0.05, 0.1) is 6.54 Å². The van der Waals surface area contributed by atoms with Crippen LogP contribution in [0, 0.1) is 11.8 Å². The van der Waals surface area contributed by atoms with Crippen molar-refractivity contribution < 1.29 is 8.78 Å². The Kier molecular flexibility index (Phi) is 3.04. The third kappa shape index (κ3) is 3.05. The first-order valence-corrected chi connectivity index (χ1v) is 4.58. The molecule has 1 aliphatic heterocycles. The second kappa shape index (κ2) is 3.69. The molecule has 72 valence electrons. The molecular weight excluding hydrogens is 160 g/mol. The van der Waals surface area contributed by atoms with Crippen molar-refractivity contribution in [2.45, 2.75) is 32.6 Å². The molecule has 0 spiro atoms. The van der Waals surface area contributed by atoms with Crippen LogP contribution in [0.15, 0.2) is 0 Å². The number of alkyl halides is 2. The number of hydrogen-bond acceptors (Lipinski definition) is 1. The maximum Gasteiger partial charge on any atom is 0.260 e. The van der Waals surface area contributed by atoms with E-state index in [4.69, 9.17) is 0 Å². The van der Waals surface area contributed by atoms with E-state index in [0.29, 0.717) is 5.92 Å². The fraction of sp³-hybridized carbons (Fsp3) is 1.00. The van der Waals surface area contributed by atoms with E-state index in [-0.39, 0.29) is 18.9 Å². The SMILES string of the molecule is CC(C)CC1CNCC(F)(F)C1. The Bertz CT molecular complexity index is 145. The summed E-state index contributed by atoms with van der Waals surface area (Å²) in [6.07, 6.45) is 0.973. The van der Waals surface area contributed by atoms with E-state index in [1.807, 2.05) is 0 Å². The van der Waals surface area contributed by atoms with Crippen LogP contribution >= 0.6 is 0 Å². The zero-order valence-electron chi connectivity index (χ0n) is 7.74. The largest absolute Gasteiger partial charge is 0.311 e. The van der Waals surface area contributed by atoms with Gasteiger partial charge in [0, 0.05) is 6.42 Å². The van der Waals surface area contributed by atoms with Crippen molar-refractivity contribution in [1.82, 2.24) is 5.32 Å². The Hall–Kier alpha value is -0.180. The van der Waals surface area contributed by atoms with Crippen LogP contribution in [0.3, 0.4) is 0 Å². The molecule has 1 aliphatic rings. The second-order valence-corrected chi connectivity index (χ2v) is 4.19. The summed E-state index contributed by atoms with van der Waals surface area (Å²) in [7, 11) is 0. The number of hydrogen-bond donors (Lipinski definition) is 1. The highest BCUT2D eigenvalue weighted by atomic mass is 19.3. The molecule has 1 atom stereocenters. The minimum absolute atomic E-state index is 0.0676. The van der Waals surface area contributed by atoms with E-state index < -0.39 is 5.92 Å². The van der Waals surface area contributed by atoms with Crippen molar-refractivity contribution in [3.8, 4) is 0 Å². The molecule has 0 amide bonds. The predicted octanol–water partition coefficient (Wildman–Crippen LogP) is 2.28. The van der Waals surface area contributed by atoms with E-state index in [0.717, 1.165) is 13.0 Å². The van der Waals surface area contributed by atoms with Crippen LogP contribution < -0.4 is 5.32 Å². The quantitative estimate of drug-likeness (QED) is 0.682. The van der Waals surface area contributed by atoms with Gasteiger partial charge in [0.2, 0.25) is 0 Å². The Morgan fingerprint density at radius 2 is 2.17 bits per heavy atom. The number of rotatable bonds is 2. The molecule has 1 unspecified atom stereocenters. The van der Waals surface area contributed by atoms with Gasteiger partial charge in [-0.15, -0.1) is 0 Å². The van der Waals surface area contributed by atoms with E-state index in [2.05, 4.69) is 19.2 Å². The van der Waals surface area contributed by atoms with E-state index in [1.54, 1.807) is 0 Å². The smallest absolute Gasteiger partial charge is 0.260 e. The van der Waals surface area contributed by atoms with Gasteiger partial charge in [-0.05, 0) is 24.8 Å². The monoisotopic (exact) mass is 177 g/mol. The highest BCUT2D eigenvalue weighted by Crippen LogP contribution is 2.29. The summed E-state index contributed by atoms with van der Waals surface area (Å²) < 4.78 is 25.7. The van der Waals surface area contributed by atoms with Gasteiger partial charge in [-0.2, -0.15) is 0 Å². The fourth-order valence-corrected chi connectivity index (χ4v) is 1.86. The lowest BCUT2D eigenvalue weighted by molar-refractivity contribution is -0.0419. The number of piperidine rings is 1. The van der Waals surface area contributed by atoms with Gasteiger partial charge in [0.15, 0.2) is 0 Å². The normalized spacial score (nSPS) is 29.2. The molecule has 1 fully saturated rings. The van der Waals surface area contributed by atoms with E-state index in [1.165, 1.54) is 0 Å². The highest BCUT2D eigenvalue weighted by molar-refractivity contribution is 4.81. The zero-order chi connectivity index (χ0) is 9.19. The van der Waals surface area contributed by atoms with Crippen LogP contribution in [0.5, 0.6) is 0 Å². The summed E-state index contributed by atoms with van der Waals surface area (Å²) in [5.41, 5.74) is 0. The molecule has 1 saturated heterocycles. The first-order chi connectivity index (χ1) is 5.49. The maximum absolute atomic E-state index is 12.8. The fourth-order valence-electron chi connectivity index (χ4n) is 1.86. The lowest BCUT2D eigenvalue weighted by Crippen LogP contribution is -2.44. The number of halogens is 2. The third-order valence-corrected chi connectivity index (χ3v) is 2.21. The molecule has 0 aromatic rings. The van der Waals surface area contributed by atoms with Gasteiger partial charge in [0.1, 0.15) is 0 Å². The molecule has 0 aromatic carbocycles. The Balaban J connectivity index is 2.36. The van der Waals surface area contributed by atoms with Gasteiger partial charge in [0.25, 0.3) is 5.92 Å². The summed E-state index contributed by atoms with van der Waals surface area (Å²) in [5, 5.41) is 2.78. The van der Waals surface area contributed by atoms with Crippen LogP contribution in [-0.2, 0) is 0 Å². The molecule has 12 heavy (non-hydrogen) atoms. The van der Waals surface area contributed by atoms with Crippen molar-refractivity contribution in [2.24, 2.45) is 11.8 Å². The topological polar surface area (TPSA) is 12.0 Å². The van der Waals surface area contributed by atoms with Crippen molar-refractivity contribution in [3.05, 3.63) is 0 Å². The molecule has 0 radical (unpaired) electrons. The average Bonchev–Trinajstić information content (AvgIpc) is 1.82. The molecule has 0 aliphatic carbocycles. The summed E-state index contributed by atoms with van der Waals surface area (Å²) in [5.74, 6) is -1.79. The average molecular weight is 177 g/mol. The van der Waals surface area contributed by atoms with Gasteiger partial charge in [-0.1, -0.05) is 13.8 Å². The molecule has 1 N–H and O–H groups in total. The van der Waals surface area contributed by atoms with Crippen LogP contribution in [0.4, 0.5) is 8.78 Å². The second-order valence-electron chi connectivity index (χ2n) is 4.19. The molecule has 1 rings (SSSR count). The standard InChI is InChI=1S/C9H17F2N/c1-7(2)3-8-4-9(10,11)6-12-5-8/h7-8,12H,3-6H2,1-2H3. The molecule has 0 saturated carbocycles. The van der Waals surface area contributed by atoms with Crippen LogP contribution in [0.2, 0.25) is 0 Å². The Labute approximate surface area is 72.5 Å². The van der Waals surface area contributed by atoms with Crippen molar-refractivity contribution >= 4 is 0 Å². The summed E-state index contributed by atoms with van der Waals surface area (Å²) >= 11 is 0. The third-order valence-electron chi connectivity index (χ3n) is 2.21. The van der Waals surface area contributed by atoms with Gasteiger partial charge in [-0.3, -0.25) is 0 Å². The minimum atomic E-state index is -2.47. The molecule has 3 heteroatoms. The predicted molar refractivity (Wildman–Crippen MR) is 45.4 cm³/mol. The van der Waals surface area contributed by atoms with Crippen LogP contribution in [0.25, 0.3) is 0 Å². The molecule has 0 bridgehead atoms. The van der Waals surface area contributed by atoms with Gasteiger partial charge in [-0.25, -0.2) is 8.78 Å². The van der Waals surface area contributed by atoms with Crippen molar-refractivity contribution in [1.29, 1.82) is 0 Å². The first kappa shape index (κ1) is 9.90. The summed E-state index contributed by atoms with van der Waals surface area (Å²) in [4.78, 5) is 0. The van der Waals surface area contributed by atoms with Crippen molar-refractivity contribution in [3.63, 3.8) is 0 Å². The van der Waals surface area contributed by atoms with Crippen LogP contribution in [-0.4, -0.2) is 19.0 Å². The van der Waals surface area contributed by atoms with Crippen molar-refractivity contribution in [2.75, 3.05) is 13.1 Å². The lowest BCUT2D eigenvalue weighted by atomic mass is 9.89. The Morgan fingerprint density at radius 1 is 1.50 bits per heavy atom. The van der Waals surface area contributed by atoms with Gasteiger partial charge < -0.3 is 5.32 Å². The molecule has 0 aromatic heterocycles. The molecular formula is C9H17F2N. The molecule has 1 heterocycles. The van der Waals surface area contributed by atoms with Gasteiger partial charge >= 0.3 is 0 Å². The Morgan fingerprint density at radius 3 is 2.67 bits per heavy atom. The van der Waals surface area contributed by atoms with E-state index >= 15 is 0 Å². The van der Waals surface area contributed by atoms with Crippen LogP contribution in [0.1, 0.15) is 26.7 Å². The maximum atomic E-state index is 12.8. The summed E-state index contributed by atoms with van der Waals surface area (Å²) in [6, 6.07) is 0. The molecule has 1 nitrogen and oxygen atoms in total. The van der Waals surface area contributed by atoms with E-state index in [9.17, 15) is 8.78 Å². The summed E-state index contributed by atoms with van der Waals surface area (Å²) in [6.45, 7) is 4.77.